The first-order chi connectivity index (χ1) is 18.1. The van der Waals surface area contributed by atoms with Gasteiger partial charge in [-0.1, -0.05) is 65.8 Å². The SMILES string of the molecule is Cc1noc(C)c1-c1cnc2c(-c3ccc(CO)cc3)cn([C@@H](c3ccccc3)c3ccccn3)c2c1. The molecule has 0 amide bonds. The van der Waals surface area contributed by atoms with E-state index >= 15 is 0 Å². The lowest BCUT2D eigenvalue weighted by Gasteiger charge is -2.20. The number of aliphatic hydroxyl groups excluding tert-OH is 1. The largest absolute Gasteiger partial charge is 0.392 e. The predicted octanol–water partition coefficient (Wildman–Crippen LogP) is 6.50. The van der Waals surface area contributed by atoms with Gasteiger partial charge in [-0.25, -0.2) is 0 Å². The van der Waals surface area contributed by atoms with Gasteiger partial charge in [0.2, 0.25) is 0 Å². The van der Waals surface area contributed by atoms with Crippen LogP contribution in [0.2, 0.25) is 0 Å². The van der Waals surface area contributed by atoms with Crippen LogP contribution in [-0.4, -0.2) is 24.8 Å². The molecule has 37 heavy (non-hydrogen) atoms. The van der Waals surface area contributed by atoms with Gasteiger partial charge in [-0.05, 0) is 48.7 Å². The molecule has 0 bridgehead atoms. The first-order valence-electron chi connectivity index (χ1n) is 12.2. The number of fused-ring (bicyclic) bond motifs is 1. The molecule has 1 atom stereocenters. The second-order valence-electron chi connectivity index (χ2n) is 9.16. The lowest BCUT2D eigenvalue weighted by molar-refractivity contribution is 0.282. The van der Waals surface area contributed by atoms with Crippen LogP contribution >= 0.6 is 0 Å². The number of aliphatic hydroxyl groups is 1. The molecule has 1 N–H and O–H groups in total. The zero-order valence-corrected chi connectivity index (χ0v) is 20.7. The number of nitrogens with zero attached hydrogens (tertiary/aromatic N) is 4. The summed E-state index contributed by atoms with van der Waals surface area (Å²) in [6.45, 7) is 3.88. The van der Waals surface area contributed by atoms with Crippen molar-refractivity contribution in [3.8, 4) is 22.3 Å². The van der Waals surface area contributed by atoms with Gasteiger partial charge in [0.25, 0.3) is 0 Å². The van der Waals surface area contributed by atoms with Gasteiger partial charge in [-0.15, -0.1) is 0 Å². The van der Waals surface area contributed by atoms with E-state index in [2.05, 4.69) is 52.3 Å². The number of aromatic nitrogens is 4. The first-order valence-corrected chi connectivity index (χ1v) is 12.2. The van der Waals surface area contributed by atoms with E-state index < -0.39 is 0 Å². The van der Waals surface area contributed by atoms with E-state index in [1.54, 1.807) is 0 Å². The van der Waals surface area contributed by atoms with Crippen LogP contribution in [0, 0.1) is 13.8 Å². The fourth-order valence-electron chi connectivity index (χ4n) is 5.02. The van der Waals surface area contributed by atoms with E-state index in [0.29, 0.717) is 0 Å². The van der Waals surface area contributed by atoms with Gasteiger partial charge in [-0.3, -0.25) is 9.97 Å². The summed E-state index contributed by atoms with van der Waals surface area (Å²) >= 11 is 0. The summed E-state index contributed by atoms with van der Waals surface area (Å²) < 4.78 is 7.72. The summed E-state index contributed by atoms with van der Waals surface area (Å²) in [5, 5.41) is 13.7. The van der Waals surface area contributed by atoms with Crippen LogP contribution in [0.15, 0.2) is 102 Å². The summed E-state index contributed by atoms with van der Waals surface area (Å²) in [6, 6.07) is 26.4. The normalized spacial score (nSPS) is 12.2. The summed E-state index contributed by atoms with van der Waals surface area (Å²) in [5.41, 5.74) is 9.62. The van der Waals surface area contributed by atoms with Gasteiger partial charge in [0.1, 0.15) is 11.8 Å². The van der Waals surface area contributed by atoms with Crippen molar-refractivity contribution in [3.05, 3.63) is 126 Å². The Kier molecular flexibility index (Phi) is 5.87. The van der Waals surface area contributed by atoms with Crippen molar-refractivity contribution in [3.63, 3.8) is 0 Å². The average Bonchev–Trinajstić information content (AvgIpc) is 3.49. The Morgan fingerprint density at radius 1 is 0.892 bits per heavy atom. The molecule has 0 unspecified atom stereocenters. The molecule has 0 radical (unpaired) electrons. The van der Waals surface area contributed by atoms with Gasteiger partial charge in [0, 0.05) is 35.3 Å². The maximum absolute atomic E-state index is 9.53. The molecule has 2 aromatic carbocycles. The standard InChI is InChI=1S/C31H26N4O2/c1-20-29(21(2)37-34-20)25-16-28-30(33-17-25)26(23-13-11-22(19-36)12-14-23)18-35(28)31(24-8-4-3-5-9-24)27-10-6-7-15-32-27/h3-18,31,36H,19H2,1-2H3/t31-/m0/s1. The second kappa shape index (κ2) is 9.48. The van der Waals surface area contributed by atoms with E-state index in [1.165, 1.54) is 0 Å². The monoisotopic (exact) mass is 486 g/mol. The lowest BCUT2D eigenvalue weighted by atomic mass is 10.0. The highest BCUT2D eigenvalue weighted by molar-refractivity contribution is 5.95. The van der Waals surface area contributed by atoms with Crippen molar-refractivity contribution in [2.24, 2.45) is 0 Å². The molecule has 0 saturated carbocycles. The fourth-order valence-corrected chi connectivity index (χ4v) is 5.02. The number of rotatable bonds is 6. The zero-order valence-electron chi connectivity index (χ0n) is 20.7. The molecule has 182 valence electrons. The predicted molar refractivity (Wildman–Crippen MR) is 144 cm³/mol. The zero-order chi connectivity index (χ0) is 25.4. The summed E-state index contributed by atoms with van der Waals surface area (Å²) in [5.74, 6) is 0.765. The van der Waals surface area contributed by atoms with Gasteiger partial charge in [-0.2, -0.15) is 0 Å². The van der Waals surface area contributed by atoms with E-state index in [0.717, 1.165) is 61.6 Å². The van der Waals surface area contributed by atoms with Crippen molar-refractivity contribution < 1.29 is 9.63 Å². The molecule has 0 spiro atoms. The number of aryl methyl sites for hydroxylation is 2. The highest BCUT2D eigenvalue weighted by atomic mass is 16.5. The molecule has 0 aliphatic rings. The van der Waals surface area contributed by atoms with Crippen LogP contribution in [0.3, 0.4) is 0 Å². The number of hydrogen-bond acceptors (Lipinski definition) is 5. The Labute approximate surface area is 214 Å². The molecule has 0 aliphatic carbocycles. The maximum Gasteiger partial charge on any atom is 0.141 e. The molecule has 6 heteroatoms. The van der Waals surface area contributed by atoms with Crippen LogP contribution in [0.25, 0.3) is 33.3 Å². The molecule has 0 saturated heterocycles. The maximum atomic E-state index is 9.53. The molecule has 4 aromatic heterocycles. The van der Waals surface area contributed by atoms with Gasteiger partial charge in [0.15, 0.2) is 0 Å². The van der Waals surface area contributed by atoms with E-state index in [9.17, 15) is 5.11 Å². The molecular formula is C31H26N4O2. The Balaban J connectivity index is 1.64. The third-order valence-corrected chi connectivity index (χ3v) is 6.80. The van der Waals surface area contributed by atoms with Crippen LogP contribution in [0.5, 0.6) is 0 Å². The molecular weight excluding hydrogens is 460 g/mol. The number of hydrogen-bond donors (Lipinski definition) is 1. The Hall–Kier alpha value is -4.55. The Bertz CT molecular complexity index is 1610. The highest BCUT2D eigenvalue weighted by Gasteiger charge is 2.23. The summed E-state index contributed by atoms with van der Waals surface area (Å²) in [4.78, 5) is 9.72. The molecule has 0 fully saturated rings. The van der Waals surface area contributed by atoms with Crippen molar-refractivity contribution in [2.75, 3.05) is 0 Å². The molecule has 0 aliphatic heterocycles. The quantitative estimate of drug-likeness (QED) is 0.291. The smallest absolute Gasteiger partial charge is 0.141 e. The van der Waals surface area contributed by atoms with Crippen LogP contribution in [0.1, 0.15) is 34.3 Å². The van der Waals surface area contributed by atoms with Crippen LogP contribution in [-0.2, 0) is 6.61 Å². The Morgan fingerprint density at radius 2 is 1.68 bits per heavy atom. The summed E-state index contributed by atoms with van der Waals surface area (Å²) in [6.07, 6.45) is 5.89. The third kappa shape index (κ3) is 4.11. The topological polar surface area (TPSA) is 77.0 Å². The molecule has 4 heterocycles. The van der Waals surface area contributed by atoms with Gasteiger partial charge < -0.3 is 14.2 Å². The summed E-state index contributed by atoms with van der Waals surface area (Å²) in [7, 11) is 0. The van der Waals surface area contributed by atoms with Crippen molar-refractivity contribution in [1.29, 1.82) is 0 Å². The number of pyridine rings is 2. The first kappa shape index (κ1) is 22.9. The fraction of sp³-hybridized carbons (Fsp3) is 0.129. The van der Waals surface area contributed by atoms with E-state index in [4.69, 9.17) is 14.5 Å². The van der Waals surface area contributed by atoms with E-state index in [-0.39, 0.29) is 12.6 Å². The average molecular weight is 487 g/mol. The van der Waals surface area contributed by atoms with E-state index in [1.807, 2.05) is 68.7 Å². The highest BCUT2D eigenvalue weighted by Crippen LogP contribution is 2.38. The van der Waals surface area contributed by atoms with Crippen molar-refractivity contribution >= 4 is 11.0 Å². The molecule has 6 rings (SSSR count). The minimum atomic E-state index is -0.155. The van der Waals surface area contributed by atoms with Crippen molar-refractivity contribution in [2.45, 2.75) is 26.5 Å². The van der Waals surface area contributed by atoms with Gasteiger partial charge >= 0.3 is 0 Å². The van der Waals surface area contributed by atoms with Crippen LogP contribution < -0.4 is 0 Å². The number of benzene rings is 2. The Morgan fingerprint density at radius 3 is 2.35 bits per heavy atom. The molecule has 6 nitrogen and oxygen atoms in total. The second-order valence-corrected chi connectivity index (χ2v) is 9.16. The van der Waals surface area contributed by atoms with Gasteiger partial charge in [0.05, 0.1) is 29.0 Å². The minimum Gasteiger partial charge on any atom is -0.392 e. The third-order valence-electron chi connectivity index (χ3n) is 6.80. The van der Waals surface area contributed by atoms with Crippen molar-refractivity contribution in [1.82, 2.24) is 19.7 Å². The lowest BCUT2D eigenvalue weighted by Crippen LogP contribution is -2.13. The van der Waals surface area contributed by atoms with Crippen LogP contribution in [0.4, 0.5) is 0 Å². The molecule has 6 aromatic rings. The minimum absolute atomic E-state index is 0.0108.